The van der Waals surface area contributed by atoms with Crippen LogP contribution in [0.3, 0.4) is 0 Å². The molecule has 0 radical (unpaired) electrons. The number of rotatable bonds is 3. The van der Waals surface area contributed by atoms with Crippen LogP contribution in [0.2, 0.25) is 0 Å². The summed E-state index contributed by atoms with van der Waals surface area (Å²) in [5.41, 5.74) is 6.81. The summed E-state index contributed by atoms with van der Waals surface area (Å²) in [6.45, 7) is 4.11. The summed E-state index contributed by atoms with van der Waals surface area (Å²) in [7, 11) is 0. The first kappa shape index (κ1) is 11.3. The molecule has 2 aromatic rings. The second-order valence-corrected chi connectivity index (χ2v) is 5.54. The normalized spacial score (nSPS) is 10.6. The van der Waals surface area contributed by atoms with Crippen LogP contribution in [0, 0.1) is 13.8 Å². The number of thioether (sulfide) groups is 1. The third-order valence-corrected chi connectivity index (χ3v) is 4.36. The van der Waals surface area contributed by atoms with Crippen molar-refractivity contribution in [3.05, 3.63) is 28.0 Å². The van der Waals surface area contributed by atoms with Crippen molar-refractivity contribution in [2.75, 3.05) is 5.73 Å². The van der Waals surface area contributed by atoms with Gasteiger partial charge in [-0.05, 0) is 13.8 Å². The molecule has 0 aliphatic carbocycles. The SMILES string of the molecule is Cc1nc(CSc2nccnc2N)sc1C. The second kappa shape index (κ2) is 4.80. The predicted octanol–water partition coefficient (Wildman–Crippen LogP) is 2.42. The van der Waals surface area contributed by atoms with E-state index in [1.807, 2.05) is 6.92 Å². The molecule has 0 unspecified atom stereocenters. The standard InChI is InChI=1S/C10H12N4S2/c1-6-7(2)16-8(14-6)5-15-10-9(11)12-3-4-13-10/h3-4H,5H2,1-2H3,(H2,11,12). The van der Waals surface area contributed by atoms with Gasteiger partial charge in [-0.15, -0.1) is 11.3 Å². The number of nitrogens with two attached hydrogens (primary N) is 1. The summed E-state index contributed by atoms with van der Waals surface area (Å²) in [5, 5.41) is 1.87. The van der Waals surface area contributed by atoms with E-state index in [0.717, 1.165) is 21.5 Å². The third-order valence-electron chi connectivity index (χ3n) is 2.10. The predicted molar refractivity (Wildman–Crippen MR) is 67.6 cm³/mol. The topological polar surface area (TPSA) is 64.7 Å². The zero-order chi connectivity index (χ0) is 11.5. The van der Waals surface area contributed by atoms with E-state index in [4.69, 9.17) is 5.73 Å². The van der Waals surface area contributed by atoms with Gasteiger partial charge in [0.15, 0.2) is 5.82 Å². The van der Waals surface area contributed by atoms with Gasteiger partial charge in [0.1, 0.15) is 10.0 Å². The molecule has 0 saturated heterocycles. The minimum Gasteiger partial charge on any atom is -0.381 e. The number of anilines is 1. The van der Waals surface area contributed by atoms with Crippen molar-refractivity contribution in [3.63, 3.8) is 0 Å². The van der Waals surface area contributed by atoms with Crippen molar-refractivity contribution in [3.8, 4) is 0 Å². The Morgan fingerprint density at radius 1 is 1.31 bits per heavy atom. The van der Waals surface area contributed by atoms with E-state index in [9.17, 15) is 0 Å². The second-order valence-electron chi connectivity index (χ2n) is 3.28. The lowest BCUT2D eigenvalue weighted by molar-refractivity contribution is 1.07. The van der Waals surface area contributed by atoms with E-state index in [-0.39, 0.29) is 0 Å². The molecule has 0 spiro atoms. The molecule has 2 rings (SSSR count). The van der Waals surface area contributed by atoms with Crippen molar-refractivity contribution in [2.45, 2.75) is 24.6 Å². The van der Waals surface area contributed by atoms with Crippen LogP contribution in [-0.4, -0.2) is 15.0 Å². The van der Waals surface area contributed by atoms with E-state index >= 15 is 0 Å². The van der Waals surface area contributed by atoms with Crippen LogP contribution in [0.5, 0.6) is 0 Å². The molecule has 0 aromatic carbocycles. The molecule has 0 aliphatic rings. The average molecular weight is 252 g/mol. The Kier molecular flexibility index (Phi) is 3.40. The van der Waals surface area contributed by atoms with Gasteiger partial charge in [0.25, 0.3) is 0 Å². The maximum Gasteiger partial charge on any atom is 0.156 e. The highest BCUT2D eigenvalue weighted by Gasteiger charge is 2.06. The summed E-state index contributed by atoms with van der Waals surface area (Å²) in [6, 6.07) is 0. The molecule has 0 atom stereocenters. The number of nitrogens with zero attached hydrogens (tertiary/aromatic N) is 3. The maximum absolute atomic E-state index is 5.71. The third kappa shape index (κ3) is 2.51. The van der Waals surface area contributed by atoms with E-state index < -0.39 is 0 Å². The van der Waals surface area contributed by atoms with Gasteiger partial charge in [0.2, 0.25) is 0 Å². The molecule has 0 saturated carbocycles. The van der Waals surface area contributed by atoms with E-state index in [0.29, 0.717) is 5.82 Å². The first-order valence-corrected chi connectivity index (χ1v) is 6.59. The lowest BCUT2D eigenvalue weighted by Gasteiger charge is -2.00. The Labute approximate surface area is 102 Å². The molecule has 2 heterocycles. The van der Waals surface area contributed by atoms with Gasteiger partial charge in [-0.3, -0.25) is 0 Å². The first-order valence-electron chi connectivity index (χ1n) is 4.79. The molecule has 2 N–H and O–H groups in total. The minimum absolute atomic E-state index is 0.484. The molecule has 4 nitrogen and oxygen atoms in total. The van der Waals surface area contributed by atoms with E-state index in [1.165, 1.54) is 4.88 Å². The number of aryl methyl sites for hydroxylation is 2. The molecule has 0 fully saturated rings. The number of hydrogen-bond acceptors (Lipinski definition) is 6. The largest absolute Gasteiger partial charge is 0.381 e. The van der Waals surface area contributed by atoms with Gasteiger partial charge in [-0.1, -0.05) is 11.8 Å². The molecule has 2 aromatic heterocycles. The van der Waals surface area contributed by atoms with E-state index in [2.05, 4.69) is 21.9 Å². The molecular weight excluding hydrogens is 240 g/mol. The molecule has 0 aliphatic heterocycles. The molecule has 0 bridgehead atoms. The summed E-state index contributed by atoms with van der Waals surface area (Å²) >= 11 is 3.29. The van der Waals surface area contributed by atoms with E-state index in [1.54, 1.807) is 35.5 Å². The molecule has 6 heteroatoms. The minimum atomic E-state index is 0.484. The number of hydrogen-bond donors (Lipinski definition) is 1. The Morgan fingerprint density at radius 3 is 2.69 bits per heavy atom. The fourth-order valence-electron chi connectivity index (χ4n) is 1.18. The first-order chi connectivity index (χ1) is 7.66. The summed E-state index contributed by atoms with van der Waals surface area (Å²) < 4.78 is 0. The van der Waals surface area contributed by atoms with Crippen LogP contribution >= 0.6 is 23.1 Å². The fourth-order valence-corrected chi connectivity index (χ4v) is 2.98. The molecule has 16 heavy (non-hydrogen) atoms. The molecular formula is C10H12N4S2. The maximum atomic E-state index is 5.71. The Bertz CT molecular complexity index is 476. The van der Waals surface area contributed by atoms with Gasteiger partial charge in [0, 0.05) is 17.3 Å². The van der Waals surface area contributed by atoms with Crippen molar-refractivity contribution >= 4 is 28.9 Å². The van der Waals surface area contributed by atoms with Crippen molar-refractivity contribution in [1.82, 2.24) is 15.0 Å². The Hall–Kier alpha value is -1.14. The fraction of sp³-hybridized carbons (Fsp3) is 0.300. The van der Waals surface area contributed by atoms with Gasteiger partial charge >= 0.3 is 0 Å². The zero-order valence-corrected chi connectivity index (χ0v) is 10.7. The smallest absolute Gasteiger partial charge is 0.156 e. The van der Waals surface area contributed by atoms with Crippen LogP contribution in [0.15, 0.2) is 17.4 Å². The van der Waals surface area contributed by atoms with Crippen molar-refractivity contribution in [1.29, 1.82) is 0 Å². The quantitative estimate of drug-likeness (QED) is 0.850. The van der Waals surface area contributed by atoms with Crippen LogP contribution in [0.4, 0.5) is 5.82 Å². The molecule has 84 valence electrons. The highest BCUT2D eigenvalue weighted by molar-refractivity contribution is 7.98. The Morgan fingerprint density at radius 2 is 2.06 bits per heavy atom. The zero-order valence-electron chi connectivity index (χ0n) is 9.10. The molecule has 0 amide bonds. The lowest BCUT2D eigenvalue weighted by atomic mass is 10.4. The Balaban J connectivity index is 2.05. The van der Waals surface area contributed by atoms with Crippen LogP contribution in [0.1, 0.15) is 15.6 Å². The van der Waals surface area contributed by atoms with Gasteiger partial charge < -0.3 is 5.73 Å². The monoisotopic (exact) mass is 252 g/mol. The highest BCUT2D eigenvalue weighted by Crippen LogP contribution is 2.27. The average Bonchev–Trinajstić information content (AvgIpc) is 2.57. The van der Waals surface area contributed by atoms with Gasteiger partial charge in [-0.25, -0.2) is 15.0 Å². The summed E-state index contributed by atoms with van der Waals surface area (Å²) in [5.74, 6) is 1.28. The summed E-state index contributed by atoms with van der Waals surface area (Å²) in [4.78, 5) is 13.9. The lowest BCUT2D eigenvalue weighted by Crippen LogP contribution is -1.94. The van der Waals surface area contributed by atoms with Crippen LogP contribution in [0.25, 0.3) is 0 Å². The number of aromatic nitrogens is 3. The van der Waals surface area contributed by atoms with Gasteiger partial charge in [0.05, 0.1) is 11.4 Å². The van der Waals surface area contributed by atoms with Crippen LogP contribution < -0.4 is 5.73 Å². The number of nitrogen functional groups attached to an aromatic ring is 1. The van der Waals surface area contributed by atoms with Crippen LogP contribution in [-0.2, 0) is 5.75 Å². The van der Waals surface area contributed by atoms with Crippen molar-refractivity contribution in [2.24, 2.45) is 0 Å². The highest BCUT2D eigenvalue weighted by atomic mass is 32.2. The van der Waals surface area contributed by atoms with Crippen molar-refractivity contribution < 1.29 is 0 Å². The van der Waals surface area contributed by atoms with Gasteiger partial charge in [-0.2, -0.15) is 0 Å². The number of thiazole rings is 1. The summed E-state index contributed by atoms with van der Waals surface area (Å²) in [6.07, 6.45) is 3.24.